The van der Waals surface area contributed by atoms with Gasteiger partial charge in [-0.2, -0.15) is 4.31 Å². The summed E-state index contributed by atoms with van der Waals surface area (Å²) in [4.78, 5) is 10.9. The smallest absolute Gasteiger partial charge is 0.272 e. The molecule has 1 aliphatic rings. The minimum Gasteiger partial charge on any atom is -0.389 e. The molecule has 2 heterocycles. The Bertz CT molecular complexity index is 611. The maximum absolute atomic E-state index is 12.4. The van der Waals surface area contributed by atoms with E-state index >= 15 is 0 Å². The molecule has 2 rings (SSSR count). The van der Waals surface area contributed by atoms with E-state index in [1.165, 1.54) is 11.2 Å². The molecule has 20 heavy (non-hydrogen) atoms. The molecule has 2 N–H and O–H groups in total. The molecular formula is C10H16N4O4S2. The molecule has 10 heteroatoms. The summed E-state index contributed by atoms with van der Waals surface area (Å²) in [6.45, 7) is 3.28. The van der Waals surface area contributed by atoms with Crippen LogP contribution in [0.15, 0.2) is 4.34 Å². The van der Waals surface area contributed by atoms with Crippen LogP contribution in [-0.2, 0) is 14.8 Å². The van der Waals surface area contributed by atoms with Gasteiger partial charge in [0.2, 0.25) is 15.4 Å². The Balaban J connectivity index is 2.21. The Morgan fingerprint density at radius 1 is 1.50 bits per heavy atom. The van der Waals surface area contributed by atoms with Gasteiger partial charge in [0.05, 0.1) is 5.60 Å². The Labute approximate surface area is 120 Å². The average molecular weight is 320 g/mol. The minimum atomic E-state index is -3.78. The van der Waals surface area contributed by atoms with Crippen LogP contribution < -0.4 is 5.32 Å². The van der Waals surface area contributed by atoms with E-state index in [-0.39, 0.29) is 21.9 Å². The second-order valence-electron chi connectivity index (χ2n) is 4.99. The highest BCUT2D eigenvalue weighted by Gasteiger charge is 2.37. The van der Waals surface area contributed by atoms with E-state index in [1.807, 2.05) is 0 Å². The molecule has 112 valence electrons. The first-order valence-electron chi connectivity index (χ1n) is 6.04. The highest BCUT2D eigenvalue weighted by molar-refractivity contribution is 7.91. The minimum absolute atomic E-state index is 0.0321. The van der Waals surface area contributed by atoms with Crippen molar-refractivity contribution in [3.63, 3.8) is 0 Å². The summed E-state index contributed by atoms with van der Waals surface area (Å²) in [7, 11) is -3.78. The van der Waals surface area contributed by atoms with E-state index < -0.39 is 15.6 Å². The van der Waals surface area contributed by atoms with Gasteiger partial charge >= 0.3 is 0 Å². The number of aromatic nitrogens is 2. The van der Waals surface area contributed by atoms with Crippen molar-refractivity contribution in [2.75, 3.05) is 18.4 Å². The fraction of sp³-hybridized carbons (Fsp3) is 0.700. The van der Waals surface area contributed by atoms with Gasteiger partial charge in [0.1, 0.15) is 0 Å². The summed E-state index contributed by atoms with van der Waals surface area (Å²) in [5, 5.41) is 19.7. The lowest BCUT2D eigenvalue weighted by atomic mass is 9.97. The molecule has 1 aliphatic heterocycles. The number of anilines is 1. The van der Waals surface area contributed by atoms with Crippen LogP contribution >= 0.6 is 11.3 Å². The van der Waals surface area contributed by atoms with Crippen molar-refractivity contribution in [3.8, 4) is 0 Å². The predicted molar refractivity (Wildman–Crippen MR) is 72.8 cm³/mol. The molecule has 1 fully saturated rings. The van der Waals surface area contributed by atoms with E-state index in [9.17, 15) is 18.3 Å². The number of aliphatic hydroxyl groups is 1. The molecule has 1 atom stereocenters. The van der Waals surface area contributed by atoms with Crippen molar-refractivity contribution in [1.29, 1.82) is 0 Å². The summed E-state index contributed by atoms with van der Waals surface area (Å²) in [6, 6.07) is 0. The molecule has 1 aromatic rings. The molecule has 0 aliphatic carbocycles. The molecule has 0 saturated carbocycles. The van der Waals surface area contributed by atoms with Gasteiger partial charge in [-0.3, -0.25) is 4.79 Å². The van der Waals surface area contributed by atoms with Crippen molar-refractivity contribution in [3.05, 3.63) is 0 Å². The number of β-amino-alcohol motifs (C(OH)–C–C–N with tert-alkyl or cyclic N) is 1. The zero-order valence-corrected chi connectivity index (χ0v) is 12.8. The molecule has 1 saturated heterocycles. The third kappa shape index (κ3) is 3.32. The summed E-state index contributed by atoms with van der Waals surface area (Å²) in [5.74, 6) is -0.342. The fourth-order valence-corrected chi connectivity index (χ4v) is 4.69. The Morgan fingerprint density at radius 2 is 2.20 bits per heavy atom. The number of rotatable bonds is 3. The largest absolute Gasteiger partial charge is 0.389 e. The van der Waals surface area contributed by atoms with Gasteiger partial charge in [0.25, 0.3) is 10.0 Å². The van der Waals surface area contributed by atoms with Gasteiger partial charge in [0.15, 0.2) is 0 Å². The Hall–Kier alpha value is -1.10. The van der Waals surface area contributed by atoms with Crippen LogP contribution in [0.1, 0.15) is 26.7 Å². The van der Waals surface area contributed by atoms with Crippen molar-refractivity contribution in [1.82, 2.24) is 14.5 Å². The van der Waals surface area contributed by atoms with Crippen LogP contribution in [-0.4, -0.2) is 52.6 Å². The van der Waals surface area contributed by atoms with E-state index in [4.69, 9.17) is 0 Å². The van der Waals surface area contributed by atoms with Crippen LogP contribution in [0.25, 0.3) is 0 Å². The molecule has 0 radical (unpaired) electrons. The second-order valence-corrected chi connectivity index (χ2v) is 8.08. The maximum Gasteiger partial charge on any atom is 0.272 e. The van der Waals surface area contributed by atoms with Crippen molar-refractivity contribution < 1.29 is 18.3 Å². The molecule has 0 bridgehead atoms. The number of carbonyl (C=O) groups excluding carboxylic acids is 1. The third-order valence-electron chi connectivity index (χ3n) is 2.89. The summed E-state index contributed by atoms with van der Waals surface area (Å²) in [5.41, 5.74) is -1.03. The highest BCUT2D eigenvalue weighted by atomic mass is 32.2. The highest BCUT2D eigenvalue weighted by Crippen LogP contribution is 2.28. The van der Waals surface area contributed by atoms with Crippen LogP contribution in [0.4, 0.5) is 5.13 Å². The Morgan fingerprint density at radius 3 is 2.80 bits per heavy atom. The maximum atomic E-state index is 12.4. The summed E-state index contributed by atoms with van der Waals surface area (Å²) < 4.78 is 25.8. The number of nitrogens with one attached hydrogen (secondary N) is 1. The van der Waals surface area contributed by atoms with Gasteiger partial charge in [-0.15, -0.1) is 10.2 Å². The number of piperidine rings is 1. The van der Waals surface area contributed by atoms with E-state index in [2.05, 4.69) is 15.5 Å². The predicted octanol–water partition coefficient (Wildman–Crippen LogP) is 0.0320. The van der Waals surface area contributed by atoms with Crippen LogP contribution in [0, 0.1) is 0 Å². The zero-order valence-electron chi connectivity index (χ0n) is 11.2. The molecule has 0 aromatic carbocycles. The fourth-order valence-electron chi connectivity index (χ4n) is 2.00. The number of nitrogens with zero attached hydrogens (tertiary/aromatic N) is 3. The lowest BCUT2D eigenvalue weighted by Crippen LogP contribution is -2.48. The zero-order chi connectivity index (χ0) is 15.0. The first-order chi connectivity index (χ1) is 9.21. The van der Waals surface area contributed by atoms with Gasteiger partial charge in [-0.05, 0) is 19.8 Å². The van der Waals surface area contributed by atoms with E-state index in [0.717, 1.165) is 11.3 Å². The lowest BCUT2D eigenvalue weighted by Gasteiger charge is -2.35. The average Bonchev–Trinajstić information content (AvgIpc) is 2.75. The lowest BCUT2D eigenvalue weighted by molar-refractivity contribution is -0.114. The van der Waals surface area contributed by atoms with Crippen molar-refractivity contribution >= 4 is 32.4 Å². The van der Waals surface area contributed by atoms with Gasteiger partial charge in [-0.1, -0.05) is 11.3 Å². The summed E-state index contributed by atoms with van der Waals surface area (Å²) >= 11 is 0.797. The van der Waals surface area contributed by atoms with Crippen LogP contribution in [0.5, 0.6) is 0 Å². The first-order valence-corrected chi connectivity index (χ1v) is 8.30. The first kappa shape index (κ1) is 15.3. The van der Waals surface area contributed by atoms with Crippen molar-refractivity contribution in [2.45, 2.75) is 36.6 Å². The van der Waals surface area contributed by atoms with Crippen molar-refractivity contribution in [2.24, 2.45) is 0 Å². The van der Waals surface area contributed by atoms with Crippen LogP contribution in [0.2, 0.25) is 0 Å². The number of amides is 1. The third-order valence-corrected chi connectivity index (χ3v) is 5.92. The number of sulfonamides is 1. The molecule has 1 aromatic heterocycles. The van der Waals surface area contributed by atoms with Gasteiger partial charge in [-0.25, -0.2) is 8.42 Å². The molecule has 0 spiro atoms. The number of hydrogen-bond acceptors (Lipinski definition) is 7. The Kier molecular flexibility index (Phi) is 4.09. The molecule has 1 amide bonds. The topological polar surface area (TPSA) is 112 Å². The molecular weight excluding hydrogens is 304 g/mol. The number of hydrogen-bond donors (Lipinski definition) is 2. The van der Waals surface area contributed by atoms with Gasteiger partial charge < -0.3 is 10.4 Å². The normalized spacial score (nSPS) is 24.6. The monoisotopic (exact) mass is 320 g/mol. The quantitative estimate of drug-likeness (QED) is 0.760. The van der Waals surface area contributed by atoms with E-state index in [1.54, 1.807) is 6.92 Å². The van der Waals surface area contributed by atoms with Gasteiger partial charge in [0, 0.05) is 20.0 Å². The standard InChI is InChI=1S/C10H16N4O4S2/c1-7(15)11-8-12-13-9(19-8)20(17,18)14-5-3-4-10(2,16)6-14/h16H,3-6H2,1-2H3,(H,11,12,15). The SMILES string of the molecule is CC(=O)Nc1nnc(S(=O)(=O)N2CCCC(C)(O)C2)s1. The van der Waals surface area contributed by atoms with E-state index in [0.29, 0.717) is 19.4 Å². The van der Waals surface area contributed by atoms with Crippen LogP contribution in [0.3, 0.4) is 0 Å². The molecule has 1 unspecified atom stereocenters. The molecule has 8 nitrogen and oxygen atoms in total. The number of carbonyl (C=O) groups is 1. The second kappa shape index (κ2) is 5.35. The summed E-state index contributed by atoms with van der Waals surface area (Å²) in [6.07, 6.45) is 1.15.